The molecule has 3 N–H and O–H groups in total. The van der Waals surface area contributed by atoms with Crippen LogP contribution in [-0.4, -0.2) is 76.3 Å². The molecule has 1 atom stereocenters. The van der Waals surface area contributed by atoms with Crippen LogP contribution in [0.15, 0.2) is 30.6 Å². The van der Waals surface area contributed by atoms with Crippen molar-refractivity contribution in [1.29, 1.82) is 0 Å². The molecular formula is C28H41N7O3. The maximum Gasteiger partial charge on any atom is 0.213 e. The number of piperidine rings is 2. The van der Waals surface area contributed by atoms with Crippen molar-refractivity contribution in [2.24, 2.45) is 0 Å². The number of pyridine rings is 1. The summed E-state index contributed by atoms with van der Waals surface area (Å²) in [7, 11) is 0. The van der Waals surface area contributed by atoms with E-state index in [9.17, 15) is 5.11 Å². The van der Waals surface area contributed by atoms with Gasteiger partial charge < -0.3 is 30.1 Å². The molecule has 0 aliphatic carbocycles. The van der Waals surface area contributed by atoms with Crippen LogP contribution in [0.4, 0.5) is 11.6 Å². The fourth-order valence-corrected chi connectivity index (χ4v) is 5.39. The molecule has 3 aromatic rings. The predicted octanol–water partition coefficient (Wildman–Crippen LogP) is 3.19. The molecule has 0 spiro atoms. The van der Waals surface area contributed by atoms with Crippen molar-refractivity contribution in [2.75, 3.05) is 49.7 Å². The molecule has 206 valence electrons. The quantitative estimate of drug-likeness (QED) is 0.308. The molecule has 0 amide bonds. The SMILES string of the molecule is CCc1cnn2c(NCc3ccc(OCCOC4CCNCC4)nc3)cc(N3CCCC[C@H]3CCO)nc12. The highest BCUT2D eigenvalue weighted by Crippen LogP contribution is 2.29. The number of aliphatic hydroxyl groups is 1. The summed E-state index contributed by atoms with van der Waals surface area (Å²) in [4.78, 5) is 11.9. The molecule has 10 nitrogen and oxygen atoms in total. The van der Waals surface area contributed by atoms with Crippen LogP contribution in [0.25, 0.3) is 5.65 Å². The van der Waals surface area contributed by atoms with E-state index in [1.165, 1.54) is 6.42 Å². The summed E-state index contributed by atoms with van der Waals surface area (Å²) >= 11 is 0. The van der Waals surface area contributed by atoms with Gasteiger partial charge in [-0.15, -0.1) is 0 Å². The second kappa shape index (κ2) is 13.2. The van der Waals surface area contributed by atoms with E-state index in [1.807, 2.05) is 29.0 Å². The average Bonchev–Trinajstić information content (AvgIpc) is 3.39. The normalized spacial score (nSPS) is 18.7. The zero-order valence-electron chi connectivity index (χ0n) is 22.4. The molecule has 0 unspecified atom stereocenters. The lowest BCUT2D eigenvalue weighted by Gasteiger charge is -2.36. The van der Waals surface area contributed by atoms with Gasteiger partial charge in [-0.25, -0.2) is 9.97 Å². The highest BCUT2D eigenvalue weighted by molar-refractivity contribution is 5.61. The number of nitrogens with one attached hydrogen (secondary N) is 2. The number of aromatic nitrogens is 4. The van der Waals surface area contributed by atoms with Crippen LogP contribution in [0, 0.1) is 0 Å². The molecule has 10 heteroatoms. The number of nitrogens with zero attached hydrogens (tertiary/aromatic N) is 5. The Kier molecular flexibility index (Phi) is 9.27. The van der Waals surface area contributed by atoms with Gasteiger partial charge in [-0.3, -0.25) is 0 Å². The van der Waals surface area contributed by atoms with Crippen molar-refractivity contribution >= 4 is 17.3 Å². The zero-order chi connectivity index (χ0) is 26.2. The molecule has 0 radical (unpaired) electrons. The third kappa shape index (κ3) is 6.54. The van der Waals surface area contributed by atoms with Crippen molar-refractivity contribution in [1.82, 2.24) is 24.9 Å². The van der Waals surface area contributed by atoms with Gasteiger partial charge in [0, 0.05) is 49.6 Å². The maximum atomic E-state index is 9.61. The molecule has 5 rings (SSSR count). The maximum absolute atomic E-state index is 9.61. The zero-order valence-corrected chi connectivity index (χ0v) is 22.4. The van der Waals surface area contributed by atoms with Crippen molar-refractivity contribution in [3.05, 3.63) is 41.7 Å². The van der Waals surface area contributed by atoms with Crippen LogP contribution in [0.1, 0.15) is 56.6 Å². The Labute approximate surface area is 224 Å². The Hall–Kier alpha value is -2.95. The summed E-state index contributed by atoms with van der Waals surface area (Å²) < 4.78 is 13.6. The lowest BCUT2D eigenvalue weighted by molar-refractivity contribution is 0.0162. The van der Waals surface area contributed by atoms with Gasteiger partial charge in [0.2, 0.25) is 5.88 Å². The second-order valence-corrected chi connectivity index (χ2v) is 10.1. The van der Waals surface area contributed by atoms with Crippen molar-refractivity contribution < 1.29 is 14.6 Å². The highest BCUT2D eigenvalue weighted by Gasteiger charge is 2.25. The first kappa shape index (κ1) is 26.6. The number of aryl methyl sites for hydroxylation is 1. The van der Waals surface area contributed by atoms with Gasteiger partial charge in [0.05, 0.1) is 18.9 Å². The van der Waals surface area contributed by atoms with E-state index in [1.54, 1.807) is 0 Å². The van der Waals surface area contributed by atoms with Crippen LogP contribution < -0.4 is 20.3 Å². The fraction of sp³-hybridized carbons (Fsp3) is 0.607. The molecule has 2 aliphatic rings. The van der Waals surface area contributed by atoms with Crippen LogP contribution in [0.3, 0.4) is 0 Å². The molecule has 0 bridgehead atoms. The minimum Gasteiger partial charge on any atom is -0.475 e. The number of fused-ring (bicyclic) bond motifs is 1. The van der Waals surface area contributed by atoms with Crippen LogP contribution in [-0.2, 0) is 17.7 Å². The Balaban J connectivity index is 1.22. The number of anilines is 2. The third-order valence-electron chi connectivity index (χ3n) is 7.54. The van der Waals surface area contributed by atoms with Crippen molar-refractivity contribution in [3.8, 4) is 5.88 Å². The third-order valence-corrected chi connectivity index (χ3v) is 7.54. The largest absolute Gasteiger partial charge is 0.475 e. The van der Waals surface area contributed by atoms with E-state index in [2.05, 4.69) is 38.6 Å². The highest BCUT2D eigenvalue weighted by atomic mass is 16.5. The van der Waals surface area contributed by atoms with Gasteiger partial charge in [0.15, 0.2) is 5.65 Å². The monoisotopic (exact) mass is 523 g/mol. The second-order valence-electron chi connectivity index (χ2n) is 10.1. The Morgan fingerprint density at radius 1 is 1.13 bits per heavy atom. The summed E-state index contributed by atoms with van der Waals surface area (Å²) in [6.07, 6.45) is 11.3. The molecular weight excluding hydrogens is 482 g/mol. The first-order valence-electron chi connectivity index (χ1n) is 14.1. The van der Waals surface area contributed by atoms with Gasteiger partial charge in [-0.2, -0.15) is 9.61 Å². The number of rotatable bonds is 12. The van der Waals surface area contributed by atoms with Gasteiger partial charge in [0.1, 0.15) is 18.2 Å². The minimum atomic E-state index is 0.194. The molecule has 2 saturated heterocycles. The van der Waals surface area contributed by atoms with Crippen LogP contribution in [0.2, 0.25) is 0 Å². The number of ether oxygens (including phenoxy) is 2. The van der Waals surface area contributed by atoms with Gasteiger partial charge in [0.25, 0.3) is 0 Å². The van der Waals surface area contributed by atoms with E-state index in [0.717, 1.165) is 86.6 Å². The smallest absolute Gasteiger partial charge is 0.213 e. The predicted molar refractivity (Wildman–Crippen MR) is 148 cm³/mol. The Bertz CT molecular complexity index is 1150. The lowest BCUT2D eigenvalue weighted by Crippen LogP contribution is -2.40. The summed E-state index contributed by atoms with van der Waals surface area (Å²) in [5, 5.41) is 21.1. The molecule has 0 saturated carbocycles. The van der Waals surface area contributed by atoms with E-state index < -0.39 is 0 Å². The number of hydrogen-bond donors (Lipinski definition) is 3. The van der Waals surface area contributed by atoms with Crippen molar-refractivity contribution in [2.45, 2.75) is 70.6 Å². The standard InChI is InChI=1S/C28H41N7O3/c1-2-22-20-32-35-25(17-26(33-28(22)35)34-13-4-3-5-23(34)10-14-36)30-18-21-6-7-27(31-19-21)38-16-15-37-24-8-11-29-12-9-24/h6-7,17,19-20,23-24,29-30,36H,2-5,8-16,18H2,1H3/t23-/m0/s1. The molecule has 38 heavy (non-hydrogen) atoms. The van der Waals surface area contributed by atoms with Crippen LogP contribution >= 0.6 is 0 Å². The lowest BCUT2D eigenvalue weighted by atomic mass is 9.99. The summed E-state index contributed by atoms with van der Waals surface area (Å²) in [5.74, 6) is 2.45. The molecule has 0 aromatic carbocycles. The Morgan fingerprint density at radius 3 is 2.82 bits per heavy atom. The molecule has 2 aliphatic heterocycles. The number of aliphatic hydroxyl groups excluding tert-OH is 1. The van der Waals surface area contributed by atoms with Crippen molar-refractivity contribution in [3.63, 3.8) is 0 Å². The van der Waals surface area contributed by atoms with Gasteiger partial charge in [-0.05, 0) is 63.6 Å². The Morgan fingerprint density at radius 2 is 2.03 bits per heavy atom. The molecule has 2 fully saturated rings. The topological polar surface area (TPSA) is 109 Å². The first-order valence-corrected chi connectivity index (χ1v) is 14.1. The van der Waals surface area contributed by atoms with E-state index in [4.69, 9.17) is 14.5 Å². The number of hydrogen-bond acceptors (Lipinski definition) is 9. The van der Waals surface area contributed by atoms with Crippen LogP contribution in [0.5, 0.6) is 5.88 Å². The van der Waals surface area contributed by atoms with E-state index >= 15 is 0 Å². The summed E-state index contributed by atoms with van der Waals surface area (Å²) in [5.41, 5.74) is 3.06. The van der Waals surface area contributed by atoms with E-state index in [0.29, 0.717) is 37.8 Å². The first-order chi connectivity index (χ1) is 18.7. The van der Waals surface area contributed by atoms with Gasteiger partial charge >= 0.3 is 0 Å². The summed E-state index contributed by atoms with van der Waals surface area (Å²) in [6.45, 7) is 7.01. The molecule has 3 aromatic heterocycles. The van der Waals surface area contributed by atoms with Gasteiger partial charge in [-0.1, -0.05) is 13.0 Å². The average molecular weight is 524 g/mol. The fourth-order valence-electron chi connectivity index (χ4n) is 5.39. The van der Waals surface area contributed by atoms with E-state index in [-0.39, 0.29) is 6.61 Å². The summed E-state index contributed by atoms with van der Waals surface area (Å²) in [6, 6.07) is 6.34. The molecule has 5 heterocycles. The minimum absolute atomic E-state index is 0.194.